The number of ether oxygens (including phenoxy) is 1. The quantitative estimate of drug-likeness (QED) is 0.341. The van der Waals surface area contributed by atoms with Crippen LogP contribution in [0.25, 0.3) is 0 Å². The molecule has 10 heteroatoms. The van der Waals surface area contributed by atoms with E-state index in [1.165, 1.54) is 0 Å². The van der Waals surface area contributed by atoms with Crippen LogP contribution in [-0.4, -0.2) is 131 Å². The Morgan fingerprint density at radius 3 is 2.42 bits per heavy atom. The maximum atomic E-state index is 14.3. The summed E-state index contributed by atoms with van der Waals surface area (Å²) in [5.41, 5.74) is 0. The van der Waals surface area contributed by atoms with E-state index in [2.05, 4.69) is 30.1 Å². The van der Waals surface area contributed by atoms with Crippen LogP contribution in [0.3, 0.4) is 0 Å². The Morgan fingerprint density at radius 1 is 0.921 bits per heavy atom. The number of likely N-dealkylation sites (tertiary alicyclic amines) is 1. The predicted molar refractivity (Wildman–Crippen MR) is 147 cm³/mol. The SMILES string of the molecule is CN1CC=C[C@@]2(C)S[C@]34C=CCN(CCN5CCOCC5)C(=O)C3N(CCCCCCO)C(=O)[C@@H]4[C@H]2C1=O. The molecule has 3 fully saturated rings. The summed E-state index contributed by atoms with van der Waals surface area (Å²) in [5.74, 6) is -1.17. The molecular formula is C28H42N4O5S. The smallest absolute Gasteiger partial charge is 0.247 e. The summed E-state index contributed by atoms with van der Waals surface area (Å²) in [6.07, 6.45) is 11.6. The fraction of sp³-hybridized carbons (Fsp3) is 0.750. The van der Waals surface area contributed by atoms with Crippen molar-refractivity contribution in [1.82, 2.24) is 19.6 Å². The first-order valence-corrected chi connectivity index (χ1v) is 14.9. The van der Waals surface area contributed by atoms with Gasteiger partial charge in [-0.1, -0.05) is 37.1 Å². The van der Waals surface area contributed by atoms with Crippen molar-refractivity contribution in [3.8, 4) is 0 Å². The van der Waals surface area contributed by atoms with Gasteiger partial charge in [-0.15, -0.1) is 11.8 Å². The van der Waals surface area contributed by atoms with E-state index in [-0.39, 0.29) is 24.3 Å². The monoisotopic (exact) mass is 546 g/mol. The van der Waals surface area contributed by atoms with Crippen LogP contribution in [0, 0.1) is 11.8 Å². The van der Waals surface area contributed by atoms with E-state index in [9.17, 15) is 14.4 Å². The second kappa shape index (κ2) is 11.3. The van der Waals surface area contributed by atoms with E-state index in [0.717, 1.165) is 45.3 Å². The average molecular weight is 547 g/mol. The third kappa shape index (κ3) is 4.82. The van der Waals surface area contributed by atoms with Gasteiger partial charge in [0.25, 0.3) is 0 Å². The number of amides is 3. The van der Waals surface area contributed by atoms with Crippen molar-refractivity contribution < 1.29 is 24.2 Å². The molecule has 3 amide bonds. The van der Waals surface area contributed by atoms with Gasteiger partial charge in [-0.3, -0.25) is 19.3 Å². The second-order valence-electron chi connectivity index (χ2n) is 11.4. The summed E-state index contributed by atoms with van der Waals surface area (Å²) in [6.45, 7) is 8.30. The summed E-state index contributed by atoms with van der Waals surface area (Å²) in [7, 11) is 1.80. The van der Waals surface area contributed by atoms with E-state index in [1.807, 2.05) is 11.0 Å². The minimum absolute atomic E-state index is 0.00758. The Morgan fingerprint density at radius 2 is 1.66 bits per heavy atom. The number of unbranched alkanes of at least 4 members (excludes halogenated alkanes) is 3. The largest absolute Gasteiger partial charge is 0.396 e. The highest BCUT2D eigenvalue weighted by Gasteiger charge is 2.73. The third-order valence-electron chi connectivity index (χ3n) is 8.94. The van der Waals surface area contributed by atoms with Gasteiger partial charge >= 0.3 is 0 Å². The molecule has 0 radical (unpaired) electrons. The summed E-state index contributed by atoms with van der Waals surface area (Å²) in [4.78, 5) is 50.0. The zero-order chi connectivity index (χ0) is 26.9. The van der Waals surface area contributed by atoms with Crippen molar-refractivity contribution >= 4 is 29.5 Å². The number of nitrogens with zero attached hydrogens (tertiary/aromatic N) is 4. The standard InChI is InChI=1S/C28H42N4O5S/c1-27-9-7-11-29(2)24(34)21(27)22-25(35)32(13-5-3-4-6-18-33)23-26(36)31(12-8-10-28(22,23)38-27)15-14-30-16-19-37-20-17-30/h7-10,21-23,33H,3-6,11-20H2,1-2H3/t21-,22-,23?,27+,28-/m0/s1. The molecule has 0 bridgehead atoms. The molecular weight excluding hydrogens is 504 g/mol. The van der Waals surface area contributed by atoms with Crippen molar-refractivity contribution in [3.63, 3.8) is 0 Å². The number of rotatable bonds is 9. The van der Waals surface area contributed by atoms with Crippen LogP contribution < -0.4 is 0 Å². The average Bonchev–Trinajstić information content (AvgIpc) is 3.18. The van der Waals surface area contributed by atoms with E-state index in [0.29, 0.717) is 39.4 Å². The number of likely N-dealkylation sites (N-methyl/N-ethyl adjacent to an activating group) is 1. The summed E-state index contributed by atoms with van der Waals surface area (Å²) in [6, 6.07) is -0.624. The molecule has 38 heavy (non-hydrogen) atoms. The van der Waals surface area contributed by atoms with Crippen LogP contribution in [0.2, 0.25) is 0 Å². The minimum atomic E-state index is -0.773. The van der Waals surface area contributed by atoms with Gasteiger partial charge in [-0.05, 0) is 19.8 Å². The molecule has 5 heterocycles. The number of carbonyl (C=O) groups excluding carboxylic acids is 3. The van der Waals surface area contributed by atoms with Crippen molar-refractivity contribution in [2.75, 3.05) is 72.7 Å². The molecule has 1 N–H and O–H groups in total. The van der Waals surface area contributed by atoms with Gasteiger partial charge in [0.05, 0.1) is 29.8 Å². The van der Waals surface area contributed by atoms with Gasteiger partial charge in [0.1, 0.15) is 6.04 Å². The van der Waals surface area contributed by atoms with Crippen LogP contribution in [0.4, 0.5) is 0 Å². The maximum absolute atomic E-state index is 14.3. The van der Waals surface area contributed by atoms with Gasteiger partial charge in [0.15, 0.2) is 0 Å². The van der Waals surface area contributed by atoms with Crippen molar-refractivity contribution in [1.29, 1.82) is 0 Å². The molecule has 9 nitrogen and oxygen atoms in total. The number of hydrogen-bond donors (Lipinski definition) is 1. The number of fused-ring (bicyclic) bond motifs is 2. The van der Waals surface area contributed by atoms with E-state index >= 15 is 0 Å². The van der Waals surface area contributed by atoms with E-state index < -0.39 is 27.4 Å². The van der Waals surface area contributed by atoms with Crippen LogP contribution in [0.1, 0.15) is 32.6 Å². The normalized spacial score (nSPS) is 35.4. The van der Waals surface area contributed by atoms with Gasteiger partial charge in [-0.25, -0.2) is 0 Å². The molecule has 0 aromatic heterocycles. The molecule has 0 aromatic rings. The van der Waals surface area contributed by atoms with Crippen molar-refractivity contribution in [2.24, 2.45) is 11.8 Å². The van der Waals surface area contributed by atoms with Crippen LogP contribution >= 0.6 is 11.8 Å². The Labute approximate surface area is 230 Å². The molecule has 5 aliphatic rings. The molecule has 5 rings (SSSR count). The Bertz CT molecular complexity index is 984. The Hall–Kier alpha value is -1.88. The lowest BCUT2D eigenvalue weighted by Crippen LogP contribution is -2.54. The molecule has 210 valence electrons. The van der Waals surface area contributed by atoms with Crippen LogP contribution in [-0.2, 0) is 19.1 Å². The molecule has 0 saturated carbocycles. The number of morpholine rings is 1. The van der Waals surface area contributed by atoms with Gasteiger partial charge in [0, 0.05) is 64.2 Å². The van der Waals surface area contributed by atoms with Crippen molar-refractivity contribution in [3.05, 3.63) is 24.3 Å². The number of carbonyl (C=O) groups is 3. The topological polar surface area (TPSA) is 93.6 Å². The first-order chi connectivity index (χ1) is 18.3. The second-order valence-corrected chi connectivity index (χ2v) is 13.2. The highest BCUT2D eigenvalue weighted by atomic mass is 32.2. The predicted octanol–water partition coefficient (Wildman–Crippen LogP) is 0.985. The summed E-state index contributed by atoms with van der Waals surface area (Å²) < 4.78 is 4.15. The van der Waals surface area contributed by atoms with E-state index in [1.54, 1.807) is 28.6 Å². The first kappa shape index (κ1) is 27.7. The molecule has 5 atom stereocenters. The highest BCUT2D eigenvalue weighted by molar-refractivity contribution is 8.02. The zero-order valence-electron chi connectivity index (χ0n) is 22.7. The van der Waals surface area contributed by atoms with E-state index in [4.69, 9.17) is 9.84 Å². The molecule has 0 aromatic carbocycles. The summed E-state index contributed by atoms with van der Waals surface area (Å²) >= 11 is 1.65. The number of hydrogen-bond acceptors (Lipinski definition) is 7. The Balaban J connectivity index is 1.45. The molecule has 1 unspecified atom stereocenters. The molecule has 3 saturated heterocycles. The lowest BCUT2D eigenvalue weighted by atomic mass is 9.74. The van der Waals surface area contributed by atoms with Gasteiger partial charge in [-0.2, -0.15) is 0 Å². The van der Waals surface area contributed by atoms with Crippen LogP contribution in [0.5, 0.6) is 0 Å². The maximum Gasteiger partial charge on any atom is 0.247 e. The number of thioether (sulfide) groups is 1. The lowest BCUT2D eigenvalue weighted by molar-refractivity contribution is -0.144. The third-order valence-corrected chi connectivity index (χ3v) is 10.7. The highest BCUT2D eigenvalue weighted by Crippen LogP contribution is 2.65. The fourth-order valence-corrected chi connectivity index (χ4v) is 9.12. The number of aliphatic hydroxyl groups is 1. The van der Waals surface area contributed by atoms with Gasteiger partial charge in [0.2, 0.25) is 17.7 Å². The van der Waals surface area contributed by atoms with Gasteiger partial charge < -0.3 is 24.5 Å². The number of aliphatic hydroxyl groups excluding tert-OH is 1. The Kier molecular flexibility index (Phi) is 8.24. The zero-order valence-corrected chi connectivity index (χ0v) is 23.5. The molecule has 0 aliphatic carbocycles. The van der Waals surface area contributed by atoms with Crippen LogP contribution in [0.15, 0.2) is 24.3 Å². The first-order valence-electron chi connectivity index (χ1n) is 14.1. The molecule has 5 aliphatic heterocycles. The summed E-state index contributed by atoms with van der Waals surface area (Å²) in [5, 5.41) is 9.15. The lowest BCUT2D eigenvalue weighted by Gasteiger charge is -2.37. The van der Waals surface area contributed by atoms with Crippen molar-refractivity contribution in [2.45, 2.75) is 48.1 Å². The minimum Gasteiger partial charge on any atom is -0.396 e. The fourth-order valence-electron chi connectivity index (χ4n) is 6.97. The molecule has 1 spiro atoms.